The van der Waals surface area contributed by atoms with E-state index in [1.807, 2.05) is 6.92 Å². The molecule has 0 bridgehead atoms. The van der Waals surface area contributed by atoms with Crippen LogP contribution in [0.1, 0.15) is 26.2 Å². The van der Waals surface area contributed by atoms with Crippen LogP contribution in [0.25, 0.3) is 0 Å². The number of rotatable bonds is 9. The summed E-state index contributed by atoms with van der Waals surface area (Å²) in [4.78, 5) is 12.1. The molecule has 2 unspecified atom stereocenters. The average Bonchev–Trinajstić information content (AvgIpc) is 3.03. The van der Waals surface area contributed by atoms with Crippen LogP contribution in [0, 0.1) is 5.82 Å². The second kappa shape index (κ2) is 9.85. The van der Waals surface area contributed by atoms with Gasteiger partial charge in [-0.05, 0) is 37.1 Å². The summed E-state index contributed by atoms with van der Waals surface area (Å²) in [6.07, 6.45) is 1.14. The predicted octanol–water partition coefficient (Wildman–Crippen LogP) is 2.95. The molecule has 3 rings (SSSR count). The van der Waals surface area contributed by atoms with E-state index in [1.54, 1.807) is 0 Å². The molecule has 1 spiro atoms. The monoisotopic (exact) mass is 507 g/mol. The third-order valence-corrected chi connectivity index (χ3v) is 7.95. The number of carboxylic acids is 1. The highest BCUT2D eigenvalue weighted by atomic mass is 35.5. The maximum atomic E-state index is 13.3. The molecule has 1 saturated heterocycles. The Balaban J connectivity index is 1.95. The van der Waals surface area contributed by atoms with E-state index in [0.717, 1.165) is 12.1 Å². The number of anilines is 1. The Labute approximate surface area is 196 Å². The summed E-state index contributed by atoms with van der Waals surface area (Å²) < 4.78 is 64.7. The second-order valence-corrected chi connectivity index (χ2v) is 10.3. The number of nitrogens with one attached hydrogen (secondary N) is 1. The van der Waals surface area contributed by atoms with Crippen molar-refractivity contribution in [2.75, 3.05) is 32.2 Å². The van der Waals surface area contributed by atoms with Crippen LogP contribution in [-0.4, -0.2) is 69.7 Å². The van der Waals surface area contributed by atoms with E-state index in [1.165, 1.54) is 26.4 Å². The number of hydrogen-bond donors (Lipinski definition) is 2. The minimum atomic E-state index is -4.25. The lowest BCUT2D eigenvalue weighted by atomic mass is 9.93. The van der Waals surface area contributed by atoms with E-state index in [9.17, 15) is 22.7 Å². The van der Waals surface area contributed by atoms with E-state index >= 15 is 0 Å². The number of ether oxygens (including phenoxy) is 4. The summed E-state index contributed by atoms with van der Waals surface area (Å²) in [7, 11) is -1.22. The predicted molar refractivity (Wildman–Crippen MR) is 118 cm³/mol. The quantitative estimate of drug-likeness (QED) is 0.523. The standard InChI is InChI=1S/C21H27ClFNO8S/c1-4-20(12-30-3)18(11-29-2)31-21(32-20)8-7-17(14(10-21)19(25)26)33(27,28)24-16-6-5-13(23)9-15(16)22/h5-6,9-10,17-18,24H,4,7-8,11-12H2,1-3H3,(H,25,26)/t17?,18-,20-,21?/m1/s1. The van der Waals surface area contributed by atoms with Crippen molar-refractivity contribution in [2.45, 2.75) is 48.9 Å². The van der Waals surface area contributed by atoms with Crippen molar-refractivity contribution in [3.8, 4) is 0 Å². The van der Waals surface area contributed by atoms with Crippen molar-refractivity contribution in [3.63, 3.8) is 0 Å². The summed E-state index contributed by atoms with van der Waals surface area (Å²) in [6, 6.07) is 3.17. The Bertz CT molecular complexity index is 1040. The summed E-state index contributed by atoms with van der Waals surface area (Å²) in [5.41, 5.74) is -1.34. The lowest BCUT2D eigenvalue weighted by molar-refractivity contribution is -0.173. The third kappa shape index (κ3) is 5.18. The van der Waals surface area contributed by atoms with Crippen LogP contribution in [0.5, 0.6) is 0 Å². The van der Waals surface area contributed by atoms with E-state index in [2.05, 4.69) is 4.72 Å². The van der Waals surface area contributed by atoms with Gasteiger partial charge in [0.05, 0.1) is 29.5 Å². The Morgan fingerprint density at radius 3 is 2.67 bits per heavy atom. The Morgan fingerprint density at radius 2 is 2.09 bits per heavy atom. The van der Waals surface area contributed by atoms with Crippen molar-refractivity contribution >= 4 is 33.3 Å². The zero-order valence-corrected chi connectivity index (χ0v) is 20.0. The molecule has 1 fully saturated rings. The summed E-state index contributed by atoms with van der Waals surface area (Å²) in [5.74, 6) is -3.50. The molecule has 184 valence electrons. The molecule has 2 aliphatic rings. The summed E-state index contributed by atoms with van der Waals surface area (Å²) in [5, 5.41) is 8.28. The Kier molecular flexibility index (Phi) is 7.72. The Morgan fingerprint density at radius 1 is 1.36 bits per heavy atom. The van der Waals surface area contributed by atoms with Gasteiger partial charge >= 0.3 is 5.97 Å². The number of benzene rings is 1. The van der Waals surface area contributed by atoms with Crippen LogP contribution < -0.4 is 4.72 Å². The minimum Gasteiger partial charge on any atom is -0.478 e. The first-order chi connectivity index (χ1) is 15.5. The molecule has 1 aromatic rings. The zero-order chi connectivity index (χ0) is 24.4. The largest absolute Gasteiger partial charge is 0.478 e. The van der Waals surface area contributed by atoms with Gasteiger partial charge in [0.25, 0.3) is 0 Å². The molecule has 2 N–H and O–H groups in total. The van der Waals surface area contributed by atoms with Gasteiger partial charge in [0, 0.05) is 20.6 Å². The molecule has 33 heavy (non-hydrogen) atoms. The van der Waals surface area contributed by atoms with Crippen LogP contribution in [0.3, 0.4) is 0 Å². The fraction of sp³-hybridized carbons (Fsp3) is 0.571. The van der Waals surface area contributed by atoms with Crippen molar-refractivity contribution in [1.82, 2.24) is 0 Å². The number of halogens is 2. The van der Waals surface area contributed by atoms with E-state index in [4.69, 9.17) is 30.5 Å². The molecule has 0 amide bonds. The van der Waals surface area contributed by atoms with Crippen LogP contribution in [0.2, 0.25) is 5.02 Å². The van der Waals surface area contributed by atoms with Crippen molar-refractivity contribution < 1.29 is 41.7 Å². The van der Waals surface area contributed by atoms with Gasteiger partial charge < -0.3 is 24.1 Å². The van der Waals surface area contributed by atoms with Crippen LogP contribution in [0.15, 0.2) is 29.8 Å². The molecule has 0 saturated carbocycles. The normalized spacial score (nSPS) is 29.8. The van der Waals surface area contributed by atoms with E-state index in [0.29, 0.717) is 6.42 Å². The maximum Gasteiger partial charge on any atom is 0.332 e. The fourth-order valence-corrected chi connectivity index (χ4v) is 6.10. The van der Waals surface area contributed by atoms with Crippen LogP contribution in [-0.2, 0) is 33.8 Å². The van der Waals surface area contributed by atoms with Gasteiger partial charge in [-0.2, -0.15) is 0 Å². The number of hydrogen-bond acceptors (Lipinski definition) is 7. The van der Waals surface area contributed by atoms with Crippen LogP contribution in [0.4, 0.5) is 10.1 Å². The highest BCUT2D eigenvalue weighted by Gasteiger charge is 2.58. The molecule has 9 nitrogen and oxygen atoms in total. The van der Waals surface area contributed by atoms with Crippen molar-refractivity contribution in [2.24, 2.45) is 0 Å². The maximum absolute atomic E-state index is 13.3. The third-order valence-electron chi connectivity index (χ3n) is 5.89. The second-order valence-electron chi connectivity index (χ2n) is 8.03. The number of aliphatic carboxylic acids is 1. The van der Waals surface area contributed by atoms with Gasteiger partial charge in [-0.3, -0.25) is 4.72 Å². The first kappa shape index (κ1) is 25.9. The highest BCUT2D eigenvalue weighted by Crippen LogP contribution is 2.46. The molecule has 1 aliphatic carbocycles. The first-order valence-corrected chi connectivity index (χ1v) is 12.2. The Hall–Kier alpha value is -1.76. The fourth-order valence-electron chi connectivity index (χ4n) is 4.27. The molecule has 0 radical (unpaired) electrons. The van der Waals surface area contributed by atoms with Crippen LogP contribution >= 0.6 is 11.6 Å². The SMILES string of the molecule is CC[C@]1(COC)OC2(C=C(C(=O)O)C(S(=O)(=O)Nc3ccc(F)cc3Cl)CC2)O[C@@H]1COC. The molecule has 1 heterocycles. The van der Waals surface area contributed by atoms with Crippen molar-refractivity contribution in [3.05, 3.63) is 40.7 Å². The zero-order valence-electron chi connectivity index (χ0n) is 18.5. The molecular weight excluding hydrogens is 481 g/mol. The van der Waals surface area contributed by atoms with Gasteiger partial charge in [0.1, 0.15) is 22.8 Å². The van der Waals surface area contributed by atoms with Gasteiger partial charge in [0.15, 0.2) is 5.79 Å². The van der Waals surface area contributed by atoms with Gasteiger partial charge in [-0.1, -0.05) is 18.5 Å². The van der Waals surface area contributed by atoms with E-state index in [-0.39, 0.29) is 36.8 Å². The molecule has 12 heteroatoms. The lowest BCUT2D eigenvalue weighted by Gasteiger charge is -2.35. The van der Waals surface area contributed by atoms with Gasteiger partial charge in [0.2, 0.25) is 10.0 Å². The van der Waals surface area contributed by atoms with Crippen molar-refractivity contribution in [1.29, 1.82) is 0 Å². The molecule has 4 atom stereocenters. The van der Waals surface area contributed by atoms with Gasteiger partial charge in [-0.25, -0.2) is 17.6 Å². The minimum absolute atomic E-state index is 0.0540. The summed E-state index contributed by atoms with van der Waals surface area (Å²) in [6.45, 7) is 2.25. The topological polar surface area (TPSA) is 120 Å². The number of methoxy groups -OCH3 is 2. The molecule has 1 aromatic carbocycles. The first-order valence-electron chi connectivity index (χ1n) is 10.3. The lowest BCUT2D eigenvalue weighted by Crippen LogP contribution is -2.46. The number of carbonyl (C=O) groups is 1. The summed E-state index contributed by atoms with van der Waals surface area (Å²) >= 11 is 5.93. The molecule has 0 aromatic heterocycles. The number of carboxylic acid groups (broad SMARTS) is 1. The van der Waals surface area contributed by atoms with Gasteiger partial charge in [-0.15, -0.1) is 0 Å². The molecule has 1 aliphatic heterocycles. The molecular formula is C21H27ClFNO8S. The average molecular weight is 508 g/mol. The highest BCUT2D eigenvalue weighted by molar-refractivity contribution is 7.93. The number of sulfonamides is 1. The van der Waals surface area contributed by atoms with E-state index < -0.39 is 50.1 Å². The smallest absolute Gasteiger partial charge is 0.332 e.